The summed E-state index contributed by atoms with van der Waals surface area (Å²) in [5.74, 6) is -0.922. The van der Waals surface area contributed by atoms with Crippen LogP contribution in [0.15, 0.2) is 44.0 Å². The predicted molar refractivity (Wildman–Crippen MR) is 102 cm³/mol. The molecule has 1 amide bonds. The van der Waals surface area contributed by atoms with E-state index < -0.39 is 11.5 Å². The van der Waals surface area contributed by atoms with E-state index in [9.17, 15) is 19.8 Å². The lowest BCUT2D eigenvalue weighted by molar-refractivity contribution is -0.115. The van der Waals surface area contributed by atoms with Gasteiger partial charge in [0.15, 0.2) is 0 Å². The highest BCUT2D eigenvalue weighted by Gasteiger charge is 2.18. The number of carbonyl (C=O) groups excluding carboxylic acids is 1. The number of carbonyl (C=O) groups is 1. The number of phenols is 2. The summed E-state index contributed by atoms with van der Waals surface area (Å²) < 4.78 is 5.91. The second kappa shape index (κ2) is 7.01. The van der Waals surface area contributed by atoms with E-state index in [-0.39, 0.29) is 34.5 Å². The van der Waals surface area contributed by atoms with E-state index in [4.69, 9.17) is 16.0 Å². The molecule has 3 N–H and O–H groups in total. The summed E-state index contributed by atoms with van der Waals surface area (Å²) in [7, 11) is 0. The highest BCUT2D eigenvalue weighted by Crippen LogP contribution is 2.32. The molecule has 0 saturated carbocycles. The number of hydrogen-bond donors (Lipinski definition) is 3. The summed E-state index contributed by atoms with van der Waals surface area (Å²) in [6.45, 7) is 1.60. The van der Waals surface area contributed by atoms with Gasteiger partial charge in [-0.15, -0.1) is 0 Å². The maximum Gasteiger partial charge on any atom is 0.340 e. The molecule has 0 aliphatic heterocycles. The zero-order valence-corrected chi connectivity index (χ0v) is 15.8. The van der Waals surface area contributed by atoms with E-state index in [1.807, 2.05) is 0 Å². The average Bonchev–Trinajstić information content (AvgIpc) is 2.53. The van der Waals surface area contributed by atoms with Crippen molar-refractivity contribution in [2.75, 3.05) is 5.32 Å². The molecule has 2 aromatic carbocycles. The molecule has 0 unspecified atom stereocenters. The molecule has 26 heavy (non-hydrogen) atoms. The molecule has 1 heterocycles. The van der Waals surface area contributed by atoms with Crippen molar-refractivity contribution in [1.82, 2.24) is 0 Å². The van der Waals surface area contributed by atoms with E-state index in [1.54, 1.807) is 25.1 Å². The van der Waals surface area contributed by atoms with Crippen molar-refractivity contribution in [2.24, 2.45) is 0 Å². The van der Waals surface area contributed by atoms with Crippen molar-refractivity contribution in [1.29, 1.82) is 0 Å². The topological polar surface area (TPSA) is 99.8 Å². The van der Waals surface area contributed by atoms with E-state index >= 15 is 0 Å². The van der Waals surface area contributed by atoms with E-state index in [1.165, 1.54) is 6.07 Å². The van der Waals surface area contributed by atoms with Crippen molar-refractivity contribution < 1.29 is 19.4 Å². The minimum atomic E-state index is -0.711. The first-order chi connectivity index (χ1) is 12.3. The zero-order chi connectivity index (χ0) is 19.0. The van der Waals surface area contributed by atoms with Crippen LogP contribution in [0.2, 0.25) is 5.02 Å². The van der Waals surface area contributed by atoms with Crippen LogP contribution < -0.4 is 10.9 Å². The molecular weight excluding hydrogens is 426 g/mol. The van der Waals surface area contributed by atoms with Gasteiger partial charge in [0.25, 0.3) is 0 Å². The lowest BCUT2D eigenvalue weighted by Gasteiger charge is -2.11. The van der Waals surface area contributed by atoms with Crippen LogP contribution in [0.3, 0.4) is 0 Å². The first-order valence-corrected chi connectivity index (χ1v) is 8.66. The molecule has 0 radical (unpaired) electrons. The highest BCUT2D eigenvalue weighted by molar-refractivity contribution is 9.10. The summed E-state index contributed by atoms with van der Waals surface area (Å²) in [4.78, 5) is 24.6. The number of rotatable bonds is 3. The fraction of sp³-hybridized carbons (Fsp3) is 0.111. The Labute approximate surface area is 161 Å². The average molecular weight is 439 g/mol. The zero-order valence-electron chi connectivity index (χ0n) is 13.5. The van der Waals surface area contributed by atoms with Crippen LogP contribution >= 0.6 is 27.5 Å². The van der Waals surface area contributed by atoms with Crippen molar-refractivity contribution >= 4 is 50.1 Å². The Morgan fingerprint density at radius 2 is 2.00 bits per heavy atom. The van der Waals surface area contributed by atoms with Crippen molar-refractivity contribution in [3.63, 3.8) is 0 Å². The number of nitrogens with one attached hydrogen (secondary N) is 1. The molecule has 0 aliphatic rings. The molecule has 0 spiro atoms. The molecule has 3 rings (SSSR count). The Hall–Kier alpha value is -2.51. The van der Waals surface area contributed by atoms with Crippen LogP contribution in [0.5, 0.6) is 11.5 Å². The quantitative estimate of drug-likeness (QED) is 0.534. The highest BCUT2D eigenvalue weighted by atomic mass is 79.9. The third-order valence-corrected chi connectivity index (χ3v) is 4.69. The summed E-state index contributed by atoms with van der Waals surface area (Å²) >= 11 is 9.35. The third-order valence-electron chi connectivity index (χ3n) is 3.89. The summed E-state index contributed by atoms with van der Waals surface area (Å²) in [6, 6.07) is 7.36. The lowest BCUT2D eigenvalue weighted by Crippen LogP contribution is -2.20. The lowest BCUT2D eigenvalue weighted by atomic mass is 10.0. The van der Waals surface area contributed by atoms with Crippen LogP contribution in [0.25, 0.3) is 11.0 Å². The van der Waals surface area contributed by atoms with Crippen LogP contribution in [-0.4, -0.2) is 16.1 Å². The van der Waals surface area contributed by atoms with Gasteiger partial charge in [-0.2, -0.15) is 0 Å². The van der Waals surface area contributed by atoms with Gasteiger partial charge in [-0.25, -0.2) is 4.79 Å². The van der Waals surface area contributed by atoms with Gasteiger partial charge in [0.2, 0.25) is 5.91 Å². The van der Waals surface area contributed by atoms with Gasteiger partial charge in [0.1, 0.15) is 17.1 Å². The maximum absolute atomic E-state index is 12.3. The van der Waals surface area contributed by atoms with Crippen molar-refractivity contribution in [2.45, 2.75) is 13.3 Å². The van der Waals surface area contributed by atoms with Crippen LogP contribution in [0.4, 0.5) is 5.69 Å². The van der Waals surface area contributed by atoms with E-state index in [0.717, 1.165) is 10.5 Å². The number of halogens is 2. The van der Waals surface area contributed by atoms with E-state index in [2.05, 4.69) is 21.2 Å². The Kier molecular flexibility index (Phi) is 4.93. The second-order valence-electron chi connectivity index (χ2n) is 5.68. The number of anilines is 1. The number of phenolic OH excluding ortho intramolecular Hbond substituents is 2. The molecule has 6 nitrogen and oxygen atoms in total. The molecule has 134 valence electrons. The molecule has 1 aromatic heterocycles. The predicted octanol–water partition coefficient (Wildman–Crippen LogP) is 4.11. The molecular formula is C18H13BrClNO5. The number of fused-ring (bicyclic) bond motifs is 1. The van der Waals surface area contributed by atoms with Crippen molar-refractivity contribution in [3.05, 3.63) is 61.4 Å². The first-order valence-electron chi connectivity index (χ1n) is 7.49. The molecule has 3 aromatic rings. The Morgan fingerprint density at radius 3 is 2.69 bits per heavy atom. The molecule has 0 bridgehead atoms. The fourth-order valence-corrected chi connectivity index (χ4v) is 3.38. The molecule has 0 saturated heterocycles. The monoisotopic (exact) mass is 437 g/mol. The number of hydrogen-bond acceptors (Lipinski definition) is 5. The van der Waals surface area contributed by atoms with Crippen LogP contribution in [-0.2, 0) is 11.2 Å². The van der Waals surface area contributed by atoms with Crippen LogP contribution in [0.1, 0.15) is 11.1 Å². The molecule has 0 atom stereocenters. The number of aromatic hydroxyl groups is 2. The molecule has 8 heteroatoms. The standard InChI is InChI=1S/C18H13BrClNO5/c1-8-11(7-16(24)21-13-3-2-9(19)4-12(13)20)18(25)26-15-6-10(22)5-14(23)17(8)15/h2-6,22-23H,7H2,1H3,(H,21,24). The number of benzene rings is 2. The maximum atomic E-state index is 12.3. The van der Waals surface area contributed by atoms with Gasteiger partial charge in [0, 0.05) is 16.6 Å². The SMILES string of the molecule is Cc1c(CC(=O)Nc2ccc(Br)cc2Cl)c(=O)oc2cc(O)cc(O)c12. The molecule has 0 aliphatic carbocycles. The van der Waals surface area contributed by atoms with E-state index in [0.29, 0.717) is 16.3 Å². The fourth-order valence-electron chi connectivity index (χ4n) is 2.66. The van der Waals surface area contributed by atoms with Gasteiger partial charge >= 0.3 is 5.63 Å². The summed E-state index contributed by atoms with van der Waals surface area (Å²) in [6.07, 6.45) is -0.253. The number of aryl methyl sites for hydroxylation is 1. The summed E-state index contributed by atoms with van der Waals surface area (Å²) in [5.41, 5.74) is 0.271. The number of amides is 1. The van der Waals surface area contributed by atoms with Crippen molar-refractivity contribution in [3.8, 4) is 11.5 Å². The second-order valence-corrected chi connectivity index (χ2v) is 7.00. The van der Waals surface area contributed by atoms with Gasteiger partial charge in [-0.3, -0.25) is 4.79 Å². The Balaban J connectivity index is 1.95. The Bertz CT molecular complexity index is 1090. The minimum Gasteiger partial charge on any atom is -0.508 e. The van der Waals surface area contributed by atoms with Gasteiger partial charge < -0.3 is 19.9 Å². The minimum absolute atomic E-state index is 0.0464. The van der Waals surface area contributed by atoms with Gasteiger partial charge in [0.05, 0.1) is 28.1 Å². The molecule has 0 fully saturated rings. The van der Waals surface area contributed by atoms with Gasteiger partial charge in [-0.05, 0) is 30.7 Å². The van der Waals surface area contributed by atoms with Gasteiger partial charge in [-0.1, -0.05) is 27.5 Å². The van der Waals surface area contributed by atoms with Crippen LogP contribution in [0, 0.1) is 6.92 Å². The summed E-state index contributed by atoms with van der Waals surface area (Å²) in [5, 5.41) is 22.8. The largest absolute Gasteiger partial charge is 0.508 e. The first kappa shape index (κ1) is 18.3. The normalized spacial score (nSPS) is 10.9. The Morgan fingerprint density at radius 1 is 1.27 bits per heavy atom. The smallest absolute Gasteiger partial charge is 0.340 e. The third kappa shape index (κ3) is 3.54.